The number of amides is 1. The number of benzene rings is 2. The van der Waals surface area contributed by atoms with Crippen LogP contribution in [0.3, 0.4) is 0 Å². The molecule has 2 aromatic heterocycles. The first kappa shape index (κ1) is 76.5. The predicted octanol–water partition coefficient (Wildman–Crippen LogP) is 6.62. The van der Waals surface area contributed by atoms with Crippen molar-refractivity contribution in [3.05, 3.63) is 64.3 Å². The van der Waals surface area contributed by atoms with Crippen LogP contribution < -0.4 is 10.1 Å². The molecule has 3 heterocycles. The van der Waals surface area contributed by atoms with Crippen molar-refractivity contribution >= 4 is 28.7 Å². The number of aromatic nitrogens is 3. The van der Waals surface area contributed by atoms with Gasteiger partial charge in [0.2, 0.25) is 0 Å². The third-order valence-corrected chi connectivity index (χ3v) is 13.8. The Bertz CT molecular complexity index is 2420. The van der Waals surface area contributed by atoms with Gasteiger partial charge in [0.25, 0.3) is 0 Å². The van der Waals surface area contributed by atoms with Gasteiger partial charge in [-0.25, -0.2) is 9.78 Å². The first-order chi connectivity index (χ1) is 44.0. The van der Waals surface area contributed by atoms with E-state index in [1.54, 1.807) is 0 Å². The maximum Gasteiger partial charge on any atom is 0.407 e. The molecule has 2 aromatic carbocycles. The lowest BCUT2D eigenvalue weighted by Crippen LogP contribution is -2.44. The van der Waals surface area contributed by atoms with Gasteiger partial charge in [-0.1, -0.05) is 28.9 Å². The highest BCUT2D eigenvalue weighted by atomic mass is 35.5. The summed E-state index contributed by atoms with van der Waals surface area (Å²) in [4.78, 5) is 19.2. The van der Waals surface area contributed by atoms with Gasteiger partial charge in [0.05, 0.1) is 233 Å². The number of aryl methyl sites for hydroxylation is 4. The summed E-state index contributed by atoms with van der Waals surface area (Å²) in [5.74, 6) is 2.46. The van der Waals surface area contributed by atoms with Gasteiger partial charge in [-0.3, -0.25) is 4.90 Å². The number of halogens is 1. The van der Waals surface area contributed by atoms with Gasteiger partial charge in [0.15, 0.2) is 0 Å². The van der Waals surface area contributed by atoms with E-state index in [0.29, 0.717) is 228 Å². The second-order valence-corrected chi connectivity index (χ2v) is 22.2. The molecule has 1 saturated heterocycles. The van der Waals surface area contributed by atoms with Crippen LogP contribution in [0.4, 0.5) is 4.79 Å². The van der Waals surface area contributed by atoms with Gasteiger partial charge in [-0.05, 0) is 83.4 Å². The van der Waals surface area contributed by atoms with Crippen LogP contribution in [0.15, 0.2) is 40.9 Å². The van der Waals surface area contributed by atoms with Crippen LogP contribution in [0.25, 0.3) is 22.2 Å². The summed E-state index contributed by atoms with van der Waals surface area (Å²) >= 11 is 6.72. The Morgan fingerprint density at radius 3 is 1.39 bits per heavy atom. The Kier molecular flexibility index (Phi) is 41.2. The zero-order valence-electron chi connectivity index (χ0n) is 54.5. The lowest BCUT2D eigenvalue weighted by molar-refractivity contribution is -0.0301. The summed E-state index contributed by atoms with van der Waals surface area (Å²) in [6.07, 6.45) is 1.07. The van der Waals surface area contributed by atoms with E-state index in [9.17, 15) is 4.79 Å². The van der Waals surface area contributed by atoms with Crippen molar-refractivity contribution in [2.45, 2.75) is 72.6 Å². The van der Waals surface area contributed by atoms with Crippen LogP contribution in [-0.4, -0.2) is 275 Å². The second kappa shape index (κ2) is 48.5. The van der Waals surface area contributed by atoms with Gasteiger partial charge < -0.3 is 99.7 Å². The Morgan fingerprint density at radius 2 is 0.989 bits per heavy atom. The van der Waals surface area contributed by atoms with Gasteiger partial charge >= 0.3 is 6.09 Å². The number of ether oxygens (including phenoxy) is 18. The highest BCUT2D eigenvalue weighted by Gasteiger charge is 2.22. The molecule has 5 rings (SSSR count). The molecule has 1 aliphatic heterocycles. The second-order valence-electron chi connectivity index (χ2n) is 21.8. The molecule has 0 spiro atoms. The number of hydrogen-bond donors (Lipinski definition) is 1. The minimum absolute atomic E-state index is 0.326. The van der Waals surface area contributed by atoms with E-state index in [1.165, 1.54) is 0 Å². The monoisotopic (exact) mass is 1300 g/mol. The SMILES string of the molecule is Cc1noc(C)c1-c1ccc2c(c1)nc(CCc1ccc(OCCOCCOCCOCCOCCOCCOCCOCCOCCOCCOCCOCCOCCOCCOCCOCCNC(=O)OC(C)(C)C)c(Cl)c1)n2CC(C)N1CCOCC1. The fourth-order valence-electron chi connectivity index (χ4n) is 9.03. The van der Waals surface area contributed by atoms with Crippen molar-refractivity contribution in [3.8, 4) is 16.9 Å². The number of fused-ring (bicyclic) bond motifs is 1. The number of nitrogens with zero attached hydrogens (tertiary/aromatic N) is 4. The van der Waals surface area contributed by atoms with E-state index in [-0.39, 0.29) is 0 Å². The zero-order chi connectivity index (χ0) is 64.0. The number of imidazole rings is 1. The van der Waals surface area contributed by atoms with Crippen LogP contribution >= 0.6 is 11.6 Å². The average Bonchev–Trinajstić information content (AvgIpc) is 2.09. The first-order valence-electron chi connectivity index (χ1n) is 31.8. The number of rotatable bonds is 56. The van der Waals surface area contributed by atoms with E-state index in [0.717, 1.165) is 90.7 Å². The zero-order valence-corrected chi connectivity index (χ0v) is 55.2. The smallest absolute Gasteiger partial charge is 0.407 e. The predicted molar refractivity (Wildman–Crippen MR) is 337 cm³/mol. The number of alkyl carbamates (subject to hydrolysis) is 1. The molecule has 26 heteroatoms. The molecular weight excluding hydrogens is 1190 g/mol. The number of morpholine rings is 1. The summed E-state index contributed by atoms with van der Waals surface area (Å²) in [6.45, 7) is 30.5. The molecule has 25 nitrogen and oxygen atoms in total. The fraction of sp³-hybridized carbons (Fsp3) is 0.734. The van der Waals surface area contributed by atoms with Crippen molar-refractivity contribution in [2.75, 3.05) is 238 Å². The first-order valence-corrected chi connectivity index (χ1v) is 32.1. The summed E-state index contributed by atoms with van der Waals surface area (Å²) in [5.41, 5.74) is 5.60. The Labute approximate surface area is 537 Å². The highest BCUT2D eigenvalue weighted by molar-refractivity contribution is 6.32. The van der Waals surface area contributed by atoms with E-state index in [1.807, 2.05) is 46.8 Å². The fourth-order valence-corrected chi connectivity index (χ4v) is 9.28. The number of hydrogen-bond acceptors (Lipinski definition) is 23. The number of carbonyl (C=O) groups is 1. The molecule has 512 valence electrons. The molecule has 0 saturated carbocycles. The molecule has 1 N–H and O–H groups in total. The lowest BCUT2D eigenvalue weighted by Gasteiger charge is -2.32. The molecule has 4 aromatic rings. The molecule has 0 aliphatic carbocycles. The largest absolute Gasteiger partial charge is 0.490 e. The lowest BCUT2D eigenvalue weighted by atomic mass is 10.0. The van der Waals surface area contributed by atoms with Gasteiger partial charge in [0.1, 0.15) is 29.5 Å². The van der Waals surface area contributed by atoms with Crippen molar-refractivity contribution < 1.29 is 94.6 Å². The van der Waals surface area contributed by atoms with Crippen molar-refractivity contribution in [3.63, 3.8) is 0 Å². The minimum atomic E-state index is -0.522. The minimum Gasteiger partial charge on any atom is -0.490 e. The van der Waals surface area contributed by atoms with Crippen LogP contribution in [0, 0.1) is 13.8 Å². The Morgan fingerprint density at radius 1 is 0.567 bits per heavy atom. The molecule has 1 unspecified atom stereocenters. The maximum atomic E-state index is 11.6. The summed E-state index contributed by atoms with van der Waals surface area (Å²) in [5, 5.41) is 7.37. The Hall–Kier alpha value is -4.20. The van der Waals surface area contributed by atoms with E-state index < -0.39 is 11.7 Å². The molecule has 1 aliphatic rings. The molecule has 90 heavy (non-hydrogen) atoms. The normalized spacial score (nSPS) is 13.5. The third-order valence-electron chi connectivity index (χ3n) is 13.5. The maximum absolute atomic E-state index is 11.6. The molecular formula is C64H104ClN5O20. The Balaban J connectivity index is 0.704. The average molecular weight is 1300 g/mol. The standard InChI is InChI=1S/C64H104ClN5O20/c1-52(69-14-17-73-18-15-69)51-70-59-10-9-56(62-53(2)68-90-54(62)3)50-58(59)67-61(70)12-8-55-7-11-60(57(65)49-55)88-48-47-87-46-45-86-44-43-85-42-41-84-40-39-83-38-37-82-36-35-81-34-33-80-32-31-79-30-29-78-28-27-77-26-25-76-24-23-75-22-21-74-20-19-72-16-13-66-63(71)89-64(4,5)6/h7,9-11,49-50,52H,8,12-48,51H2,1-6H3,(H,66,71). The molecule has 0 radical (unpaired) electrons. The quantitative estimate of drug-likeness (QED) is 0.0457. The summed E-state index contributed by atoms with van der Waals surface area (Å²) < 4.78 is 108. The van der Waals surface area contributed by atoms with Crippen LogP contribution in [0.2, 0.25) is 5.02 Å². The molecule has 1 atom stereocenters. The number of nitrogens with one attached hydrogen (secondary N) is 1. The van der Waals surface area contributed by atoms with Crippen molar-refractivity contribution in [1.29, 1.82) is 0 Å². The van der Waals surface area contributed by atoms with E-state index in [4.69, 9.17) is 106 Å². The van der Waals surface area contributed by atoms with Crippen molar-refractivity contribution in [1.82, 2.24) is 24.9 Å². The third kappa shape index (κ3) is 34.6. The van der Waals surface area contributed by atoms with Crippen LogP contribution in [0.1, 0.15) is 50.5 Å². The van der Waals surface area contributed by atoms with E-state index in [2.05, 4.69) is 51.1 Å². The van der Waals surface area contributed by atoms with Crippen LogP contribution in [-0.2, 0) is 99.9 Å². The number of carbonyl (C=O) groups excluding carboxylic acids is 1. The highest BCUT2D eigenvalue weighted by Crippen LogP contribution is 2.31. The summed E-state index contributed by atoms with van der Waals surface area (Å²) in [6, 6.07) is 12.8. The molecule has 1 amide bonds. The van der Waals surface area contributed by atoms with Crippen molar-refractivity contribution in [2.24, 2.45) is 0 Å². The molecule has 1 fully saturated rings. The molecule has 0 bridgehead atoms. The van der Waals surface area contributed by atoms with Crippen LogP contribution in [0.5, 0.6) is 5.75 Å². The summed E-state index contributed by atoms with van der Waals surface area (Å²) in [7, 11) is 0. The van der Waals surface area contributed by atoms with Gasteiger partial charge in [0, 0.05) is 44.2 Å². The van der Waals surface area contributed by atoms with Gasteiger partial charge in [-0.15, -0.1) is 0 Å². The van der Waals surface area contributed by atoms with E-state index >= 15 is 0 Å². The van der Waals surface area contributed by atoms with Gasteiger partial charge in [-0.2, -0.15) is 0 Å². The topological polar surface area (TPSA) is 242 Å².